The lowest BCUT2D eigenvalue weighted by Crippen LogP contribution is -2.29. The highest BCUT2D eigenvalue weighted by Gasteiger charge is 2.24. The van der Waals surface area contributed by atoms with Crippen molar-refractivity contribution < 1.29 is 4.52 Å². The molecule has 2 rings (SSSR count). The van der Waals surface area contributed by atoms with Crippen LogP contribution in [-0.2, 0) is 0 Å². The minimum Gasteiger partial charge on any atom is -0.394 e. The Labute approximate surface area is 84.0 Å². The van der Waals surface area contributed by atoms with Gasteiger partial charge in [-0.3, -0.25) is 0 Å². The van der Waals surface area contributed by atoms with E-state index in [0.29, 0.717) is 5.92 Å². The predicted octanol–water partition coefficient (Wildman–Crippen LogP) is 1.37. The number of piperidine rings is 1. The summed E-state index contributed by atoms with van der Waals surface area (Å²) in [5.74, 6) is 1.36. The average Bonchev–Trinajstić information content (AvgIpc) is 2.50. The van der Waals surface area contributed by atoms with Crippen molar-refractivity contribution in [3.05, 3.63) is 11.5 Å². The maximum absolute atomic E-state index is 5.90. The van der Waals surface area contributed by atoms with Gasteiger partial charge in [-0.2, -0.15) is 0 Å². The van der Waals surface area contributed by atoms with Crippen molar-refractivity contribution in [1.29, 1.82) is 0 Å². The SMILES string of the molecule is Cc1noc(C2CCN(C)CC2)c1N. The van der Waals surface area contributed by atoms with Gasteiger partial charge in [0.2, 0.25) is 0 Å². The molecule has 0 spiro atoms. The van der Waals surface area contributed by atoms with Crippen molar-refractivity contribution in [2.75, 3.05) is 25.9 Å². The van der Waals surface area contributed by atoms with Crippen LogP contribution < -0.4 is 5.73 Å². The van der Waals surface area contributed by atoms with E-state index in [0.717, 1.165) is 43.1 Å². The highest BCUT2D eigenvalue weighted by Crippen LogP contribution is 2.32. The molecule has 1 aliphatic rings. The number of nitrogens with two attached hydrogens (primary N) is 1. The van der Waals surface area contributed by atoms with E-state index in [1.807, 2.05) is 6.92 Å². The summed E-state index contributed by atoms with van der Waals surface area (Å²) >= 11 is 0. The minimum absolute atomic E-state index is 0.465. The molecule has 1 saturated heterocycles. The number of aryl methyl sites for hydroxylation is 1. The normalized spacial score (nSPS) is 20.1. The first-order valence-corrected chi connectivity index (χ1v) is 5.08. The largest absolute Gasteiger partial charge is 0.394 e. The number of hydrogen-bond donors (Lipinski definition) is 1. The summed E-state index contributed by atoms with van der Waals surface area (Å²) in [7, 11) is 2.14. The molecule has 0 unspecified atom stereocenters. The van der Waals surface area contributed by atoms with Gasteiger partial charge in [0.05, 0.1) is 5.69 Å². The van der Waals surface area contributed by atoms with Gasteiger partial charge in [-0.1, -0.05) is 5.16 Å². The molecule has 0 atom stereocenters. The van der Waals surface area contributed by atoms with E-state index in [1.54, 1.807) is 0 Å². The van der Waals surface area contributed by atoms with E-state index in [9.17, 15) is 0 Å². The Hall–Kier alpha value is -1.03. The van der Waals surface area contributed by atoms with E-state index in [-0.39, 0.29) is 0 Å². The number of anilines is 1. The minimum atomic E-state index is 0.465. The summed E-state index contributed by atoms with van der Waals surface area (Å²) in [6.45, 7) is 4.12. The van der Waals surface area contributed by atoms with Gasteiger partial charge in [-0.25, -0.2) is 0 Å². The fourth-order valence-corrected chi connectivity index (χ4v) is 1.96. The molecule has 1 aromatic heterocycles. The lowest BCUT2D eigenvalue weighted by atomic mass is 9.93. The first-order valence-electron chi connectivity index (χ1n) is 5.08. The Balaban J connectivity index is 2.12. The van der Waals surface area contributed by atoms with E-state index < -0.39 is 0 Å². The van der Waals surface area contributed by atoms with Gasteiger partial charge in [0.1, 0.15) is 5.69 Å². The van der Waals surface area contributed by atoms with E-state index >= 15 is 0 Å². The van der Waals surface area contributed by atoms with Crippen molar-refractivity contribution in [3.63, 3.8) is 0 Å². The molecule has 1 aromatic rings. The van der Waals surface area contributed by atoms with Crippen molar-refractivity contribution in [1.82, 2.24) is 10.1 Å². The first kappa shape index (κ1) is 9.52. The average molecular weight is 195 g/mol. The van der Waals surface area contributed by atoms with Gasteiger partial charge in [-0.05, 0) is 39.9 Å². The monoisotopic (exact) mass is 195 g/mol. The van der Waals surface area contributed by atoms with Crippen LogP contribution in [-0.4, -0.2) is 30.2 Å². The molecule has 14 heavy (non-hydrogen) atoms. The number of rotatable bonds is 1. The Morgan fingerprint density at radius 2 is 2.07 bits per heavy atom. The van der Waals surface area contributed by atoms with Gasteiger partial charge in [0, 0.05) is 5.92 Å². The summed E-state index contributed by atoms with van der Waals surface area (Å²) in [6.07, 6.45) is 2.24. The molecule has 0 amide bonds. The Morgan fingerprint density at radius 3 is 2.57 bits per heavy atom. The number of nitrogen functional groups attached to an aromatic ring is 1. The highest BCUT2D eigenvalue weighted by molar-refractivity contribution is 5.46. The summed E-state index contributed by atoms with van der Waals surface area (Å²) < 4.78 is 5.28. The van der Waals surface area contributed by atoms with E-state index in [1.165, 1.54) is 0 Å². The van der Waals surface area contributed by atoms with Crippen LogP contribution in [0.15, 0.2) is 4.52 Å². The third-order valence-electron chi connectivity index (χ3n) is 3.03. The molecule has 78 valence electrons. The summed E-state index contributed by atoms with van der Waals surface area (Å²) in [5, 5.41) is 3.90. The molecule has 4 nitrogen and oxygen atoms in total. The molecule has 2 N–H and O–H groups in total. The second kappa shape index (κ2) is 3.61. The van der Waals surface area contributed by atoms with Crippen LogP contribution in [0.3, 0.4) is 0 Å². The molecule has 0 saturated carbocycles. The second-order valence-electron chi connectivity index (χ2n) is 4.12. The third-order valence-corrected chi connectivity index (χ3v) is 3.03. The number of likely N-dealkylation sites (tertiary alicyclic amines) is 1. The predicted molar refractivity (Wildman–Crippen MR) is 55.1 cm³/mol. The van der Waals surface area contributed by atoms with Gasteiger partial charge < -0.3 is 15.2 Å². The fraction of sp³-hybridized carbons (Fsp3) is 0.700. The van der Waals surface area contributed by atoms with Crippen LogP contribution in [0.25, 0.3) is 0 Å². The molecule has 4 heteroatoms. The van der Waals surface area contributed by atoms with E-state index in [4.69, 9.17) is 10.3 Å². The van der Waals surface area contributed by atoms with Crippen molar-refractivity contribution in [2.45, 2.75) is 25.7 Å². The van der Waals surface area contributed by atoms with Crippen LogP contribution in [0.1, 0.15) is 30.2 Å². The fourth-order valence-electron chi connectivity index (χ4n) is 1.96. The van der Waals surface area contributed by atoms with Crippen LogP contribution >= 0.6 is 0 Å². The van der Waals surface area contributed by atoms with Crippen LogP contribution in [0.2, 0.25) is 0 Å². The number of nitrogens with zero attached hydrogens (tertiary/aromatic N) is 2. The van der Waals surface area contributed by atoms with Crippen molar-refractivity contribution >= 4 is 5.69 Å². The second-order valence-corrected chi connectivity index (χ2v) is 4.12. The molecule has 1 aliphatic heterocycles. The van der Waals surface area contributed by atoms with Crippen molar-refractivity contribution in [2.24, 2.45) is 0 Å². The van der Waals surface area contributed by atoms with Crippen LogP contribution in [0, 0.1) is 6.92 Å². The third kappa shape index (κ3) is 1.62. The molecular weight excluding hydrogens is 178 g/mol. The maximum Gasteiger partial charge on any atom is 0.163 e. The Kier molecular flexibility index (Phi) is 2.46. The molecule has 0 radical (unpaired) electrons. The molecule has 0 aromatic carbocycles. The highest BCUT2D eigenvalue weighted by atomic mass is 16.5. The van der Waals surface area contributed by atoms with Crippen LogP contribution in [0.5, 0.6) is 0 Å². The number of hydrogen-bond acceptors (Lipinski definition) is 4. The summed E-state index contributed by atoms with van der Waals surface area (Å²) in [4.78, 5) is 2.33. The molecule has 1 fully saturated rings. The van der Waals surface area contributed by atoms with Gasteiger partial charge >= 0.3 is 0 Å². The van der Waals surface area contributed by atoms with Crippen LogP contribution in [0.4, 0.5) is 5.69 Å². The number of aromatic nitrogens is 1. The smallest absolute Gasteiger partial charge is 0.163 e. The zero-order chi connectivity index (χ0) is 10.1. The Bertz CT molecular complexity index is 313. The zero-order valence-corrected chi connectivity index (χ0v) is 8.79. The first-order chi connectivity index (χ1) is 6.68. The summed E-state index contributed by atoms with van der Waals surface area (Å²) in [6, 6.07) is 0. The van der Waals surface area contributed by atoms with Gasteiger partial charge in [0.15, 0.2) is 5.76 Å². The molecule has 0 aliphatic carbocycles. The Morgan fingerprint density at radius 1 is 1.43 bits per heavy atom. The lowest BCUT2D eigenvalue weighted by molar-refractivity contribution is 0.231. The van der Waals surface area contributed by atoms with Gasteiger partial charge in [-0.15, -0.1) is 0 Å². The zero-order valence-electron chi connectivity index (χ0n) is 8.79. The van der Waals surface area contributed by atoms with Gasteiger partial charge in [0.25, 0.3) is 0 Å². The molecule has 0 bridgehead atoms. The molecular formula is C10H17N3O. The summed E-state index contributed by atoms with van der Waals surface area (Å²) in [5.41, 5.74) is 7.47. The maximum atomic E-state index is 5.90. The van der Waals surface area contributed by atoms with E-state index in [2.05, 4.69) is 17.1 Å². The van der Waals surface area contributed by atoms with Crippen molar-refractivity contribution in [3.8, 4) is 0 Å². The standard InChI is InChI=1S/C10H17N3O/c1-7-9(11)10(14-12-7)8-3-5-13(2)6-4-8/h8H,3-6,11H2,1-2H3. The lowest BCUT2D eigenvalue weighted by Gasteiger charge is -2.27. The molecule has 2 heterocycles. The quantitative estimate of drug-likeness (QED) is 0.735. The topological polar surface area (TPSA) is 55.3 Å².